The number of benzene rings is 2. The normalized spacial score (nSPS) is 14.9. The van der Waals surface area contributed by atoms with Gasteiger partial charge >= 0.3 is 12.1 Å². The number of aliphatic hydroxyl groups excluding tert-OH is 1. The minimum atomic E-state index is -1.88. The van der Waals surface area contributed by atoms with Gasteiger partial charge in [0.15, 0.2) is 5.54 Å². The van der Waals surface area contributed by atoms with Gasteiger partial charge in [-0.05, 0) is 35.6 Å². The summed E-state index contributed by atoms with van der Waals surface area (Å²) in [6.07, 6.45) is 0.664. The topological polar surface area (TPSA) is 125 Å². The van der Waals surface area contributed by atoms with Crippen molar-refractivity contribution in [3.63, 3.8) is 0 Å². The zero-order valence-electron chi connectivity index (χ0n) is 17.7. The molecule has 168 valence electrons. The summed E-state index contributed by atoms with van der Waals surface area (Å²) in [4.78, 5) is 36.3. The van der Waals surface area contributed by atoms with Crippen molar-refractivity contribution in [2.45, 2.75) is 30.8 Å². The van der Waals surface area contributed by atoms with Crippen LogP contribution < -0.4 is 10.6 Å². The van der Waals surface area contributed by atoms with E-state index in [-0.39, 0.29) is 18.9 Å². The van der Waals surface area contributed by atoms with Crippen molar-refractivity contribution in [3.05, 3.63) is 72.3 Å². The molecule has 0 aliphatic heterocycles. The number of hydrogen-bond acceptors (Lipinski definition) is 5. The van der Waals surface area contributed by atoms with Gasteiger partial charge in [-0.25, -0.2) is 9.59 Å². The molecule has 2 atom stereocenters. The van der Waals surface area contributed by atoms with Crippen molar-refractivity contribution in [2.75, 3.05) is 13.2 Å². The second kappa shape index (κ2) is 9.65. The van der Waals surface area contributed by atoms with Crippen molar-refractivity contribution in [1.82, 2.24) is 10.6 Å². The lowest BCUT2D eigenvalue weighted by molar-refractivity contribution is -0.149. The largest absolute Gasteiger partial charge is 0.479 e. The Morgan fingerprint density at radius 1 is 1.12 bits per heavy atom. The average Bonchev–Trinajstić information content (AvgIpc) is 3.11. The summed E-state index contributed by atoms with van der Waals surface area (Å²) in [6, 6.07) is 14.7. The molecule has 2 aromatic carbocycles. The van der Waals surface area contributed by atoms with Crippen LogP contribution in [0, 0.1) is 0 Å². The molecule has 0 saturated heterocycles. The molecule has 8 nitrogen and oxygen atoms in total. The third-order valence-electron chi connectivity index (χ3n) is 5.54. The first-order valence-corrected chi connectivity index (χ1v) is 10.2. The summed E-state index contributed by atoms with van der Waals surface area (Å²) in [7, 11) is 0. The molecule has 4 N–H and O–H groups in total. The van der Waals surface area contributed by atoms with Crippen LogP contribution in [0.3, 0.4) is 0 Å². The second-order valence-corrected chi connectivity index (χ2v) is 7.83. The SMILES string of the molecule is C=CCC(NC(=O)OCC1c2ccccc2-c2ccccc21)C(=O)NC(C)(CO)C(=O)O. The van der Waals surface area contributed by atoms with Gasteiger partial charge in [0.05, 0.1) is 6.61 Å². The van der Waals surface area contributed by atoms with E-state index in [1.165, 1.54) is 13.0 Å². The number of carbonyl (C=O) groups excluding carboxylic acids is 2. The summed E-state index contributed by atoms with van der Waals surface area (Å²) in [5.74, 6) is -2.30. The quantitative estimate of drug-likeness (QED) is 0.446. The van der Waals surface area contributed by atoms with Crippen LogP contribution in [0.15, 0.2) is 61.2 Å². The van der Waals surface area contributed by atoms with Gasteiger partial charge in [-0.2, -0.15) is 0 Å². The first-order valence-electron chi connectivity index (χ1n) is 10.2. The van der Waals surface area contributed by atoms with E-state index in [9.17, 15) is 24.6 Å². The van der Waals surface area contributed by atoms with E-state index in [0.29, 0.717) is 0 Å². The Morgan fingerprint density at radius 3 is 2.19 bits per heavy atom. The lowest BCUT2D eigenvalue weighted by atomic mass is 9.98. The van der Waals surface area contributed by atoms with E-state index in [1.807, 2.05) is 48.5 Å². The number of carboxylic acids is 1. The summed E-state index contributed by atoms with van der Waals surface area (Å²) >= 11 is 0. The van der Waals surface area contributed by atoms with E-state index in [2.05, 4.69) is 17.2 Å². The van der Waals surface area contributed by atoms with Gasteiger partial charge in [0.25, 0.3) is 0 Å². The molecular formula is C24H26N2O6. The van der Waals surface area contributed by atoms with Gasteiger partial charge in [0, 0.05) is 5.92 Å². The molecule has 0 fully saturated rings. The number of rotatable bonds is 9. The molecule has 0 spiro atoms. The maximum atomic E-state index is 12.5. The minimum absolute atomic E-state index is 0.0527. The highest BCUT2D eigenvalue weighted by atomic mass is 16.5. The van der Waals surface area contributed by atoms with Crippen LogP contribution in [-0.2, 0) is 14.3 Å². The lowest BCUT2D eigenvalue weighted by Crippen LogP contribution is -2.59. The van der Waals surface area contributed by atoms with E-state index >= 15 is 0 Å². The lowest BCUT2D eigenvalue weighted by Gasteiger charge is -2.26. The van der Waals surface area contributed by atoms with E-state index in [4.69, 9.17) is 4.74 Å². The van der Waals surface area contributed by atoms with Crippen molar-refractivity contribution >= 4 is 18.0 Å². The Balaban J connectivity index is 1.67. The number of nitrogens with one attached hydrogen (secondary N) is 2. The van der Waals surface area contributed by atoms with Gasteiger partial charge in [-0.1, -0.05) is 54.6 Å². The highest BCUT2D eigenvalue weighted by Crippen LogP contribution is 2.44. The number of ether oxygens (including phenoxy) is 1. The number of amides is 2. The third kappa shape index (κ3) is 4.65. The Bertz CT molecular complexity index is 991. The van der Waals surface area contributed by atoms with Crippen molar-refractivity contribution in [1.29, 1.82) is 0 Å². The molecule has 32 heavy (non-hydrogen) atoms. The van der Waals surface area contributed by atoms with Crippen molar-refractivity contribution in [3.8, 4) is 11.1 Å². The molecule has 2 amide bonds. The monoisotopic (exact) mass is 438 g/mol. The van der Waals surface area contributed by atoms with Crippen LogP contribution in [0.1, 0.15) is 30.4 Å². The minimum Gasteiger partial charge on any atom is -0.479 e. The Morgan fingerprint density at radius 2 is 1.69 bits per heavy atom. The molecule has 0 aromatic heterocycles. The summed E-state index contributed by atoms with van der Waals surface area (Å²) in [6.45, 7) is 4.00. The molecule has 2 unspecified atom stereocenters. The number of alkyl carbamates (subject to hydrolysis) is 1. The van der Waals surface area contributed by atoms with Gasteiger partial charge in [-0.15, -0.1) is 6.58 Å². The summed E-state index contributed by atoms with van der Waals surface area (Å²) in [5.41, 5.74) is 2.43. The molecule has 1 aliphatic carbocycles. The Kier molecular flexibility index (Phi) is 6.95. The molecule has 3 rings (SSSR count). The van der Waals surface area contributed by atoms with Gasteiger partial charge < -0.3 is 25.6 Å². The molecule has 0 saturated carbocycles. The molecule has 0 radical (unpaired) electrons. The van der Waals surface area contributed by atoms with Crippen LogP contribution in [0.25, 0.3) is 11.1 Å². The van der Waals surface area contributed by atoms with Crippen LogP contribution in [0.2, 0.25) is 0 Å². The van der Waals surface area contributed by atoms with E-state index < -0.39 is 36.2 Å². The van der Waals surface area contributed by atoms with Crippen molar-refractivity contribution < 1.29 is 29.3 Å². The maximum Gasteiger partial charge on any atom is 0.407 e. The predicted octanol–water partition coefficient (Wildman–Crippen LogP) is 2.42. The number of hydrogen-bond donors (Lipinski definition) is 4. The Hall–Kier alpha value is -3.65. The number of fused-ring (bicyclic) bond motifs is 3. The molecule has 8 heteroatoms. The van der Waals surface area contributed by atoms with Crippen LogP contribution in [-0.4, -0.2) is 53.0 Å². The van der Waals surface area contributed by atoms with E-state index in [0.717, 1.165) is 22.3 Å². The van der Waals surface area contributed by atoms with Crippen LogP contribution in [0.4, 0.5) is 4.79 Å². The first-order chi connectivity index (χ1) is 15.3. The predicted molar refractivity (Wildman–Crippen MR) is 118 cm³/mol. The summed E-state index contributed by atoms with van der Waals surface area (Å²) < 4.78 is 5.44. The van der Waals surface area contributed by atoms with Crippen LogP contribution in [0.5, 0.6) is 0 Å². The fourth-order valence-corrected chi connectivity index (χ4v) is 3.70. The number of carboxylic acid groups (broad SMARTS) is 1. The maximum absolute atomic E-state index is 12.5. The number of aliphatic carboxylic acids is 1. The highest BCUT2D eigenvalue weighted by Gasteiger charge is 2.36. The first kappa shape index (κ1) is 23.0. The summed E-state index contributed by atoms with van der Waals surface area (Å²) in [5, 5.41) is 23.3. The second-order valence-electron chi connectivity index (χ2n) is 7.83. The fraction of sp³-hybridized carbons (Fsp3) is 0.292. The highest BCUT2D eigenvalue weighted by molar-refractivity contribution is 5.91. The molecule has 1 aliphatic rings. The molecule has 2 aromatic rings. The standard InChI is InChI=1S/C24H26N2O6/c1-3-8-20(21(28)26-24(2,14-27)22(29)30)25-23(31)32-13-19-17-11-6-4-9-15(17)16-10-5-7-12-18(16)19/h3-7,9-12,19-20,27H,1,8,13-14H2,2H3,(H,25,31)(H,26,28)(H,29,30). The Labute approximate surface area is 185 Å². The molecule has 0 heterocycles. The van der Waals surface area contributed by atoms with Crippen molar-refractivity contribution in [2.24, 2.45) is 0 Å². The average molecular weight is 438 g/mol. The number of carbonyl (C=O) groups is 3. The van der Waals surface area contributed by atoms with E-state index in [1.54, 1.807) is 0 Å². The van der Waals surface area contributed by atoms with Gasteiger partial charge in [-0.3, -0.25) is 4.79 Å². The van der Waals surface area contributed by atoms with Gasteiger partial charge in [0.2, 0.25) is 5.91 Å². The fourth-order valence-electron chi connectivity index (χ4n) is 3.70. The van der Waals surface area contributed by atoms with Crippen LogP contribution >= 0.6 is 0 Å². The third-order valence-corrected chi connectivity index (χ3v) is 5.54. The van der Waals surface area contributed by atoms with Gasteiger partial charge in [0.1, 0.15) is 12.6 Å². The smallest absolute Gasteiger partial charge is 0.407 e. The number of aliphatic hydroxyl groups is 1. The molecular weight excluding hydrogens is 412 g/mol. The zero-order valence-corrected chi connectivity index (χ0v) is 17.7. The zero-order chi connectivity index (χ0) is 23.3. The molecule has 0 bridgehead atoms.